The second kappa shape index (κ2) is 7.64. The highest BCUT2D eigenvalue weighted by atomic mass is 35.5. The summed E-state index contributed by atoms with van der Waals surface area (Å²) in [6.07, 6.45) is 0. The molecule has 4 nitrogen and oxygen atoms in total. The standard InChI is InChI=1S/C16H17Cl2N3OS/c17-11-1-3-13(18)15(9-11)22-14-4-2-12(19)10-16(14)23-21-7-5-20-6-8-21/h1-4,9-10,20H,5-8,19H2. The third kappa shape index (κ3) is 4.46. The van der Waals surface area contributed by atoms with Crippen molar-refractivity contribution < 1.29 is 4.74 Å². The van der Waals surface area contributed by atoms with Gasteiger partial charge in [0.15, 0.2) is 0 Å². The normalized spacial score (nSPS) is 15.6. The number of piperazine rings is 1. The molecule has 3 N–H and O–H groups in total. The Morgan fingerprint density at radius 2 is 1.83 bits per heavy atom. The van der Waals surface area contributed by atoms with Gasteiger partial charge in [0.25, 0.3) is 0 Å². The summed E-state index contributed by atoms with van der Waals surface area (Å²) >= 11 is 13.9. The van der Waals surface area contributed by atoms with Crippen molar-refractivity contribution in [1.29, 1.82) is 0 Å². The van der Waals surface area contributed by atoms with E-state index < -0.39 is 0 Å². The van der Waals surface area contributed by atoms with Gasteiger partial charge in [-0.05, 0) is 42.3 Å². The van der Waals surface area contributed by atoms with Crippen LogP contribution in [-0.2, 0) is 0 Å². The Kier molecular flexibility index (Phi) is 5.56. The summed E-state index contributed by atoms with van der Waals surface area (Å²) in [6, 6.07) is 10.8. The topological polar surface area (TPSA) is 50.5 Å². The smallest absolute Gasteiger partial charge is 0.147 e. The minimum Gasteiger partial charge on any atom is -0.455 e. The maximum absolute atomic E-state index is 6.19. The van der Waals surface area contributed by atoms with Crippen molar-refractivity contribution in [3.05, 3.63) is 46.4 Å². The number of nitrogens with zero attached hydrogens (tertiary/aromatic N) is 1. The van der Waals surface area contributed by atoms with Crippen LogP contribution in [0.1, 0.15) is 0 Å². The van der Waals surface area contributed by atoms with E-state index in [9.17, 15) is 0 Å². The fourth-order valence-electron chi connectivity index (χ4n) is 2.23. The van der Waals surface area contributed by atoms with E-state index in [0.717, 1.165) is 31.1 Å². The van der Waals surface area contributed by atoms with Gasteiger partial charge in [-0.15, -0.1) is 0 Å². The molecule has 23 heavy (non-hydrogen) atoms. The first kappa shape index (κ1) is 16.7. The minimum atomic E-state index is 0.518. The molecule has 3 rings (SSSR count). The lowest BCUT2D eigenvalue weighted by atomic mass is 10.3. The molecule has 122 valence electrons. The molecule has 1 fully saturated rings. The van der Waals surface area contributed by atoms with Crippen molar-refractivity contribution in [3.63, 3.8) is 0 Å². The highest BCUT2D eigenvalue weighted by molar-refractivity contribution is 7.97. The molecular weight excluding hydrogens is 353 g/mol. The van der Waals surface area contributed by atoms with E-state index in [0.29, 0.717) is 27.2 Å². The van der Waals surface area contributed by atoms with E-state index in [1.165, 1.54) is 0 Å². The maximum Gasteiger partial charge on any atom is 0.147 e. The number of benzene rings is 2. The Labute approximate surface area is 150 Å². The van der Waals surface area contributed by atoms with E-state index in [-0.39, 0.29) is 0 Å². The third-order valence-electron chi connectivity index (χ3n) is 3.38. The first-order valence-electron chi connectivity index (χ1n) is 7.28. The molecule has 2 aromatic rings. The van der Waals surface area contributed by atoms with Crippen LogP contribution in [0.4, 0.5) is 5.69 Å². The summed E-state index contributed by atoms with van der Waals surface area (Å²) in [7, 11) is 0. The van der Waals surface area contributed by atoms with Crippen LogP contribution in [0.5, 0.6) is 11.5 Å². The average molecular weight is 370 g/mol. The van der Waals surface area contributed by atoms with Crippen LogP contribution in [0.15, 0.2) is 41.3 Å². The summed E-state index contributed by atoms with van der Waals surface area (Å²) in [5.41, 5.74) is 6.63. The van der Waals surface area contributed by atoms with Crippen molar-refractivity contribution in [2.24, 2.45) is 0 Å². The molecule has 1 aliphatic heterocycles. The van der Waals surface area contributed by atoms with E-state index in [1.807, 2.05) is 18.2 Å². The lowest BCUT2D eigenvalue weighted by Gasteiger charge is -2.26. The molecule has 0 aromatic heterocycles. The summed E-state index contributed by atoms with van der Waals surface area (Å²) in [5.74, 6) is 1.25. The second-order valence-corrected chi connectivity index (χ2v) is 7.14. The molecule has 7 heteroatoms. The Morgan fingerprint density at radius 1 is 1.04 bits per heavy atom. The van der Waals surface area contributed by atoms with Gasteiger partial charge in [-0.3, -0.25) is 0 Å². The quantitative estimate of drug-likeness (QED) is 0.622. The van der Waals surface area contributed by atoms with Crippen molar-refractivity contribution in [1.82, 2.24) is 9.62 Å². The fourth-order valence-corrected chi connectivity index (χ4v) is 3.58. The molecule has 0 unspecified atom stereocenters. The molecule has 0 radical (unpaired) electrons. The monoisotopic (exact) mass is 369 g/mol. The molecule has 0 aliphatic carbocycles. The lowest BCUT2D eigenvalue weighted by Crippen LogP contribution is -2.39. The molecule has 1 saturated heterocycles. The van der Waals surface area contributed by atoms with Crippen molar-refractivity contribution >= 4 is 40.8 Å². The van der Waals surface area contributed by atoms with Gasteiger partial charge in [0.05, 0.1) is 9.92 Å². The van der Waals surface area contributed by atoms with Gasteiger partial charge in [0.2, 0.25) is 0 Å². The highest BCUT2D eigenvalue weighted by Crippen LogP contribution is 2.39. The number of hydrogen-bond donors (Lipinski definition) is 2. The average Bonchev–Trinajstić information content (AvgIpc) is 2.54. The first-order valence-corrected chi connectivity index (χ1v) is 8.81. The van der Waals surface area contributed by atoms with Crippen LogP contribution in [0.3, 0.4) is 0 Å². The van der Waals surface area contributed by atoms with Gasteiger partial charge in [-0.2, -0.15) is 0 Å². The van der Waals surface area contributed by atoms with Gasteiger partial charge in [-0.25, -0.2) is 4.31 Å². The van der Waals surface area contributed by atoms with Gasteiger partial charge >= 0.3 is 0 Å². The van der Waals surface area contributed by atoms with Gasteiger partial charge in [-0.1, -0.05) is 23.2 Å². The summed E-state index contributed by atoms with van der Waals surface area (Å²) < 4.78 is 8.27. The summed E-state index contributed by atoms with van der Waals surface area (Å²) in [5, 5.41) is 4.43. The minimum absolute atomic E-state index is 0.518. The molecule has 0 bridgehead atoms. The lowest BCUT2D eigenvalue weighted by molar-refractivity contribution is 0.395. The predicted octanol–water partition coefficient (Wildman–Crippen LogP) is 4.28. The Bertz CT molecular complexity index is 693. The zero-order valence-corrected chi connectivity index (χ0v) is 14.7. The number of nitrogen functional groups attached to an aromatic ring is 1. The Morgan fingerprint density at radius 3 is 2.61 bits per heavy atom. The number of rotatable bonds is 4. The van der Waals surface area contributed by atoms with Gasteiger partial charge in [0.1, 0.15) is 11.5 Å². The number of nitrogens with one attached hydrogen (secondary N) is 1. The number of nitrogens with two attached hydrogens (primary N) is 1. The van der Waals surface area contributed by atoms with Crippen molar-refractivity contribution in [3.8, 4) is 11.5 Å². The van der Waals surface area contributed by atoms with Crippen LogP contribution in [0.2, 0.25) is 10.0 Å². The molecule has 0 amide bonds. The van der Waals surface area contributed by atoms with Crippen LogP contribution in [-0.4, -0.2) is 30.5 Å². The Hall–Kier alpha value is -1.11. The molecule has 0 saturated carbocycles. The molecular formula is C16H17Cl2N3OS. The zero-order valence-electron chi connectivity index (χ0n) is 12.4. The number of hydrogen-bond acceptors (Lipinski definition) is 5. The number of halogens is 2. The molecule has 0 spiro atoms. The molecule has 2 aromatic carbocycles. The number of anilines is 1. The number of ether oxygens (including phenoxy) is 1. The van der Waals surface area contributed by atoms with Gasteiger partial charge < -0.3 is 15.8 Å². The van der Waals surface area contributed by atoms with Crippen molar-refractivity contribution in [2.75, 3.05) is 31.9 Å². The molecule has 1 aliphatic rings. The fraction of sp³-hybridized carbons (Fsp3) is 0.250. The van der Waals surface area contributed by atoms with Crippen LogP contribution >= 0.6 is 35.1 Å². The molecule has 0 atom stereocenters. The zero-order chi connectivity index (χ0) is 16.2. The SMILES string of the molecule is Nc1ccc(Oc2cc(Cl)ccc2Cl)c(SN2CCNCC2)c1. The second-order valence-electron chi connectivity index (χ2n) is 5.15. The summed E-state index contributed by atoms with van der Waals surface area (Å²) in [6.45, 7) is 3.89. The maximum atomic E-state index is 6.19. The largest absolute Gasteiger partial charge is 0.455 e. The summed E-state index contributed by atoms with van der Waals surface area (Å²) in [4.78, 5) is 0.961. The third-order valence-corrected chi connectivity index (χ3v) is 5.07. The highest BCUT2D eigenvalue weighted by Gasteiger charge is 2.15. The van der Waals surface area contributed by atoms with Crippen LogP contribution in [0.25, 0.3) is 0 Å². The van der Waals surface area contributed by atoms with E-state index in [2.05, 4.69) is 9.62 Å². The van der Waals surface area contributed by atoms with Crippen LogP contribution < -0.4 is 15.8 Å². The predicted molar refractivity (Wildman–Crippen MR) is 97.7 cm³/mol. The van der Waals surface area contributed by atoms with E-state index in [1.54, 1.807) is 30.1 Å². The van der Waals surface area contributed by atoms with Crippen molar-refractivity contribution in [2.45, 2.75) is 4.90 Å². The Balaban J connectivity index is 1.84. The first-order chi connectivity index (χ1) is 11.1. The van der Waals surface area contributed by atoms with E-state index >= 15 is 0 Å². The molecule has 1 heterocycles. The van der Waals surface area contributed by atoms with Gasteiger partial charge in [0, 0.05) is 43.0 Å². The van der Waals surface area contributed by atoms with Crippen LogP contribution in [0, 0.1) is 0 Å². The van der Waals surface area contributed by atoms with E-state index in [4.69, 9.17) is 33.7 Å².